The summed E-state index contributed by atoms with van der Waals surface area (Å²) in [5, 5.41) is 7.08. The molecule has 3 rings (SSSR count). The number of carbonyl (C=O) groups is 1. The number of carbonyl (C=O) groups excluding carboxylic acids is 1. The monoisotopic (exact) mass is 343 g/mol. The molecule has 1 saturated heterocycles. The Balaban J connectivity index is 1.37. The summed E-state index contributed by atoms with van der Waals surface area (Å²) < 4.78 is 7.48. The van der Waals surface area contributed by atoms with Crippen LogP contribution in [0, 0.1) is 6.92 Å². The molecule has 7 heteroatoms. The largest absolute Gasteiger partial charge is 0.492 e. The van der Waals surface area contributed by atoms with Crippen LogP contribution in [0.15, 0.2) is 36.9 Å². The molecule has 1 aliphatic rings. The minimum atomic E-state index is 0.0401. The summed E-state index contributed by atoms with van der Waals surface area (Å²) in [6, 6.07) is 8.25. The second-order valence-corrected chi connectivity index (χ2v) is 6.40. The summed E-state index contributed by atoms with van der Waals surface area (Å²) in [5.41, 5.74) is 1.16. The van der Waals surface area contributed by atoms with Gasteiger partial charge in [-0.05, 0) is 44.0 Å². The third-order valence-electron chi connectivity index (χ3n) is 4.39. The first-order valence-electron chi connectivity index (χ1n) is 8.73. The lowest BCUT2D eigenvalue weighted by Crippen LogP contribution is -2.42. The van der Waals surface area contributed by atoms with Crippen LogP contribution in [0.25, 0.3) is 0 Å². The van der Waals surface area contributed by atoms with Gasteiger partial charge >= 0.3 is 0 Å². The van der Waals surface area contributed by atoms with E-state index in [9.17, 15) is 4.79 Å². The fraction of sp³-hybridized carbons (Fsp3) is 0.500. The highest BCUT2D eigenvalue weighted by atomic mass is 16.5. The molecule has 0 radical (unpaired) electrons. The smallest absolute Gasteiger partial charge is 0.234 e. The number of aryl methyl sites for hydroxylation is 1. The maximum Gasteiger partial charge on any atom is 0.234 e. The normalized spacial score (nSPS) is 17.6. The molecule has 1 amide bonds. The molecule has 1 aromatic carbocycles. The summed E-state index contributed by atoms with van der Waals surface area (Å²) in [6.45, 7) is 5.16. The summed E-state index contributed by atoms with van der Waals surface area (Å²) in [4.78, 5) is 18.4. The summed E-state index contributed by atoms with van der Waals surface area (Å²) >= 11 is 0. The highest BCUT2D eigenvalue weighted by molar-refractivity contribution is 5.78. The Bertz CT molecular complexity index is 674. The molecule has 1 fully saturated rings. The van der Waals surface area contributed by atoms with Crippen LogP contribution in [0.1, 0.15) is 18.4 Å². The molecule has 0 bridgehead atoms. The third kappa shape index (κ3) is 5.29. The minimum absolute atomic E-state index is 0.0401. The number of rotatable bonds is 8. The zero-order valence-electron chi connectivity index (χ0n) is 14.6. The molecular formula is C18H25N5O2. The molecule has 0 spiro atoms. The molecule has 2 aromatic rings. The summed E-state index contributed by atoms with van der Waals surface area (Å²) in [7, 11) is 0. The first kappa shape index (κ1) is 17.4. The lowest BCUT2D eigenvalue weighted by atomic mass is 10.2. The van der Waals surface area contributed by atoms with E-state index < -0.39 is 0 Å². The summed E-state index contributed by atoms with van der Waals surface area (Å²) in [6.07, 6.45) is 5.46. The minimum Gasteiger partial charge on any atom is -0.492 e. The number of amides is 1. The molecule has 1 N–H and O–H groups in total. The fourth-order valence-corrected chi connectivity index (χ4v) is 3.16. The van der Waals surface area contributed by atoms with Gasteiger partial charge in [0.05, 0.1) is 19.6 Å². The van der Waals surface area contributed by atoms with Crippen molar-refractivity contribution < 1.29 is 9.53 Å². The maximum atomic E-state index is 12.2. The highest BCUT2D eigenvalue weighted by Crippen LogP contribution is 2.18. The van der Waals surface area contributed by atoms with Crippen LogP contribution < -0.4 is 10.1 Å². The van der Waals surface area contributed by atoms with Crippen LogP contribution in [-0.2, 0) is 11.3 Å². The molecule has 0 saturated carbocycles. The van der Waals surface area contributed by atoms with Gasteiger partial charge < -0.3 is 10.1 Å². The number of ether oxygens (including phenoxy) is 1. The molecule has 25 heavy (non-hydrogen) atoms. The second kappa shape index (κ2) is 8.62. The first-order valence-corrected chi connectivity index (χ1v) is 8.73. The second-order valence-electron chi connectivity index (χ2n) is 6.40. The van der Waals surface area contributed by atoms with E-state index in [1.54, 1.807) is 12.7 Å². The van der Waals surface area contributed by atoms with Crippen molar-refractivity contribution in [1.29, 1.82) is 0 Å². The van der Waals surface area contributed by atoms with Crippen LogP contribution in [0.2, 0.25) is 0 Å². The molecule has 1 aliphatic heterocycles. The number of benzene rings is 1. The van der Waals surface area contributed by atoms with Crippen LogP contribution >= 0.6 is 0 Å². The predicted molar refractivity (Wildman–Crippen MR) is 94.3 cm³/mol. The van der Waals surface area contributed by atoms with Gasteiger partial charge in [0.25, 0.3) is 0 Å². The van der Waals surface area contributed by atoms with E-state index in [0.717, 1.165) is 37.2 Å². The van der Waals surface area contributed by atoms with Crippen molar-refractivity contribution in [3.63, 3.8) is 0 Å². The lowest BCUT2D eigenvalue weighted by Gasteiger charge is -2.23. The van der Waals surface area contributed by atoms with Gasteiger partial charge in [0.1, 0.15) is 25.0 Å². The van der Waals surface area contributed by atoms with Crippen molar-refractivity contribution in [2.24, 2.45) is 0 Å². The highest BCUT2D eigenvalue weighted by Gasteiger charge is 2.26. The Morgan fingerprint density at radius 3 is 3.16 bits per heavy atom. The fourth-order valence-electron chi connectivity index (χ4n) is 3.16. The van der Waals surface area contributed by atoms with Crippen molar-refractivity contribution in [2.75, 3.05) is 26.2 Å². The van der Waals surface area contributed by atoms with Gasteiger partial charge in [0.2, 0.25) is 5.91 Å². The average molecular weight is 343 g/mol. The standard InChI is InChI=1S/C18H25N5O2/c1-15-4-2-6-17(10-15)25-9-7-20-18(24)12-22-8-3-5-16(22)11-23-14-19-13-21-23/h2,4,6,10,13-14,16H,3,5,7-9,11-12H2,1H3,(H,20,24)/t16-/m1/s1. The van der Waals surface area contributed by atoms with Crippen molar-refractivity contribution in [3.05, 3.63) is 42.5 Å². The average Bonchev–Trinajstić information content (AvgIpc) is 3.25. The number of nitrogens with one attached hydrogen (secondary N) is 1. The van der Waals surface area contributed by atoms with Crippen molar-refractivity contribution in [2.45, 2.75) is 32.4 Å². The molecule has 1 aromatic heterocycles. The van der Waals surface area contributed by atoms with E-state index in [-0.39, 0.29) is 5.91 Å². The molecule has 2 heterocycles. The van der Waals surface area contributed by atoms with E-state index in [4.69, 9.17) is 4.74 Å². The van der Waals surface area contributed by atoms with E-state index in [2.05, 4.69) is 20.3 Å². The van der Waals surface area contributed by atoms with Gasteiger partial charge in [-0.25, -0.2) is 4.98 Å². The molecule has 7 nitrogen and oxygen atoms in total. The topological polar surface area (TPSA) is 72.3 Å². The third-order valence-corrected chi connectivity index (χ3v) is 4.39. The lowest BCUT2D eigenvalue weighted by molar-refractivity contribution is -0.122. The van der Waals surface area contributed by atoms with Crippen LogP contribution in [0.5, 0.6) is 5.75 Å². The maximum absolute atomic E-state index is 12.2. The Labute approximate surface area is 148 Å². The number of nitrogens with zero attached hydrogens (tertiary/aromatic N) is 4. The van der Waals surface area contributed by atoms with Gasteiger partial charge in [0, 0.05) is 6.04 Å². The van der Waals surface area contributed by atoms with Gasteiger partial charge in [-0.15, -0.1) is 0 Å². The molecule has 134 valence electrons. The Morgan fingerprint density at radius 1 is 1.44 bits per heavy atom. The first-order chi connectivity index (χ1) is 12.2. The van der Waals surface area contributed by atoms with Crippen molar-refractivity contribution in [3.8, 4) is 5.75 Å². The van der Waals surface area contributed by atoms with E-state index in [0.29, 0.717) is 25.7 Å². The van der Waals surface area contributed by atoms with Crippen LogP contribution in [0.4, 0.5) is 0 Å². The quantitative estimate of drug-likeness (QED) is 0.730. The Morgan fingerprint density at radius 2 is 2.36 bits per heavy atom. The number of hydrogen-bond acceptors (Lipinski definition) is 5. The predicted octanol–water partition coefficient (Wildman–Crippen LogP) is 1.25. The van der Waals surface area contributed by atoms with Gasteiger partial charge in [-0.1, -0.05) is 12.1 Å². The zero-order valence-corrected chi connectivity index (χ0v) is 14.6. The van der Waals surface area contributed by atoms with Crippen molar-refractivity contribution in [1.82, 2.24) is 25.0 Å². The van der Waals surface area contributed by atoms with Crippen molar-refractivity contribution >= 4 is 5.91 Å². The zero-order chi connectivity index (χ0) is 17.5. The summed E-state index contributed by atoms with van der Waals surface area (Å²) in [5.74, 6) is 0.875. The van der Waals surface area contributed by atoms with Crippen LogP contribution in [-0.4, -0.2) is 57.9 Å². The molecule has 0 unspecified atom stereocenters. The number of hydrogen-bond donors (Lipinski definition) is 1. The van der Waals surface area contributed by atoms with E-state index >= 15 is 0 Å². The van der Waals surface area contributed by atoms with Gasteiger partial charge in [-0.2, -0.15) is 5.10 Å². The SMILES string of the molecule is Cc1cccc(OCCNC(=O)CN2CCC[C@@H]2Cn2cncn2)c1. The van der Waals surface area contributed by atoms with Gasteiger partial charge in [0.15, 0.2) is 0 Å². The van der Waals surface area contributed by atoms with Crippen LogP contribution in [0.3, 0.4) is 0 Å². The molecule has 0 aliphatic carbocycles. The number of aromatic nitrogens is 3. The van der Waals surface area contributed by atoms with E-state index in [1.807, 2.05) is 35.9 Å². The van der Waals surface area contributed by atoms with E-state index in [1.165, 1.54) is 0 Å². The Hall–Kier alpha value is -2.41. The Kier molecular flexibility index (Phi) is 6.00. The van der Waals surface area contributed by atoms with Gasteiger partial charge in [-0.3, -0.25) is 14.4 Å². The number of likely N-dealkylation sites (tertiary alicyclic amines) is 1. The molecular weight excluding hydrogens is 318 g/mol. The molecule has 1 atom stereocenters.